The van der Waals surface area contributed by atoms with Gasteiger partial charge < -0.3 is 10.4 Å². The van der Waals surface area contributed by atoms with Crippen LogP contribution in [0.25, 0.3) is 10.9 Å². The quantitative estimate of drug-likeness (QED) is 0.455. The van der Waals surface area contributed by atoms with E-state index in [1.54, 1.807) is 24.5 Å². The predicted octanol–water partition coefficient (Wildman–Crippen LogP) is 3.49. The Morgan fingerprint density at radius 2 is 1.63 bits per heavy atom. The molecule has 4 rings (SSSR count). The Kier molecular flexibility index (Phi) is 5.11. The number of aromatic nitrogens is 2. The van der Waals surface area contributed by atoms with Gasteiger partial charge in [0.15, 0.2) is 0 Å². The molecule has 0 spiro atoms. The van der Waals surface area contributed by atoms with E-state index in [0.717, 1.165) is 16.6 Å². The number of anilines is 1. The lowest BCUT2D eigenvalue weighted by Crippen LogP contribution is -2.14. The van der Waals surface area contributed by atoms with Crippen molar-refractivity contribution in [2.24, 2.45) is 5.14 Å². The summed E-state index contributed by atoms with van der Waals surface area (Å²) in [5.41, 5.74) is 3.52. The first-order valence-corrected chi connectivity index (χ1v) is 10.8. The smallest absolute Gasteiger partial charge is 0.238 e. The number of aromatic hydroxyl groups is 1. The zero-order valence-electron chi connectivity index (χ0n) is 16.1. The number of nitrogens with one attached hydrogen (secondary N) is 1. The number of sulfonamides is 1. The summed E-state index contributed by atoms with van der Waals surface area (Å²) in [5, 5.41) is 20.4. The predicted molar refractivity (Wildman–Crippen MR) is 116 cm³/mol. The van der Waals surface area contributed by atoms with Gasteiger partial charge in [0.2, 0.25) is 10.0 Å². The Bertz CT molecular complexity index is 1310. The molecule has 2 aromatic heterocycles. The van der Waals surface area contributed by atoms with Crippen molar-refractivity contribution in [3.63, 3.8) is 0 Å². The summed E-state index contributed by atoms with van der Waals surface area (Å²) in [7, 11) is -3.77. The molecule has 152 valence electrons. The molecule has 0 saturated heterocycles. The molecule has 8 heteroatoms. The average molecular weight is 420 g/mol. The second-order valence-electron chi connectivity index (χ2n) is 6.96. The number of nitrogens with two attached hydrogens (primary N) is 1. The van der Waals surface area contributed by atoms with E-state index in [-0.39, 0.29) is 10.6 Å². The van der Waals surface area contributed by atoms with Crippen LogP contribution in [0.1, 0.15) is 22.9 Å². The molecule has 0 amide bonds. The first-order valence-electron chi connectivity index (χ1n) is 9.21. The zero-order chi connectivity index (χ0) is 21.3. The minimum absolute atomic E-state index is 0.0294. The molecule has 1 atom stereocenters. The van der Waals surface area contributed by atoms with Gasteiger partial charge in [-0.3, -0.25) is 4.98 Å². The lowest BCUT2D eigenvalue weighted by Gasteiger charge is -2.22. The van der Waals surface area contributed by atoms with Crippen molar-refractivity contribution in [3.05, 3.63) is 89.9 Å². The number of aryl methyl sites for hydroxylation is 1. The van der Waals surface area contributed by atoms with Gasteiger partial charge in [-0.25, -0.2) is 18.5 Å². The van der Waals surface area contributed by atoms with Gasteiger partial charge in [-0.1, -0.05) is 18.2 Å². The van der Waals surface area contributed by atoms with E-state index in [1.165, 1.54) is 12.1 Å². The summed E-state index contributed by atoms with van der Waals surface area (Å²) in [4.78, 5) is 8.58. The summed E-state index contributed by atoms with van der Waals surface area (Å²) in [6.07, 6.45) is 3.35. The summed E-state index contributed by atoms with van der Waals surface area (Å²) in [6, 6.07) is 17.0. The molecule has 1 unspecified atom stereocenters. The molecule has 7 nitrogen and oxygen atoms in total. The van der Waals surface area contributed by atoms with Crippen molar-refractivity contribution in [3.8, 4) is 5.75 Å². The molecule has 4 N–H and O–H groups in total. The first-order chi connectivity index (χ1) is 14.3. The van der Waals surface area contributed by atoms with Crippen LogP contribution in [-0.2, 0) is 10.0 Å². The molecular formula is C22H20N4O3S. The fraction of sp³-hybridized carbons (Fsp3) is 0.0909. The number of benzene rings is 2. The SMILES string of the molecule is Cc1ccc2ccc(C(Nc3ccc(S(N)(=O)=O)cc3)c3ccncc3)c(O)c2n1. The third-order valence-electron chi connectivity index (χ3n) is 4.85. The van der Waals surface area contributed by atoms with Crippen LogP contribution in [0, 0.1) is 6.92 Å². The highest BCUT2D eigenvalue weighted by molar-refractivity contribution is 7.89. The first kappa shape index (κ1) is 19.8. The van der Waals surface area contributed by atoms with Gasteiger partial charge in [-0.2, -0.15) is 0 Å². The van der Waals surface area contributed by atoms with Crippen molar-refractivity contribution in [2.75, 3.05) is 5.32 Å². The van der Waals surface area contributed by atoms with Gasteiger partial charge in [0.05, 0.1) is 10.9 Å². The van der Waals surface area contributed by atoms with Crippen molar-refractivity contribution < 1.29 is 13.5 Å². The molecule has 0 radical (unpaired) electrons. The van der Waals surface area contributed by atoms with Gasteiger partial charge in [0.25, 0.3) is 0 Å². The monoisotopic (exact) mass is 420 g/mol. The highest BCUT2D eigenvalue weighted by Crippen LogP contribution is 2.36. The molecule has 30 heavy (non-hydrogen) atoms. The van der Waals surface area contributed by atoms with Gasteiger partial charge in [0, 0.05) is 34.7 Å². The maximum absolute atomic E-state index is 11.5. The standard InChI is InChI=1S/C22H20N4O3S/c1-14-2-3-15-4-9-19(22(27)21(15)25-14)20(16-10-12-24-13-11-16)26-17-5-7-18(8-6-17)30(23,28)29/h2-13,20,26-27H,1H3,(H2,23,28,29). The molecule has 0 aliphatic rings. The van der Waals surface area contributed by atoms with Crippen LogP contribution in [-0.4, -0.2) is 23.5 Å². The summed E-state index contributed by atoms with van der Waals surface area (Å²) in [6.45, 7) is 1.87. The molecular weight excluding hydrogens is 400 g/mol. The summed E-state index contributed by atoms with van der Waals surface area (Å²) < 4.78 is 23.0. The van der Waals surface area contributed by atoms with Crippen LogP contribution in [0.3, 0.4) is 0 Å². The fourth-order valence-electron chi connectivity index (χ4n) is 3.32. The lowest BCUT2D eigenvalue weighted by atomic mass is 9.96. The molecule has 0 bridgehead atoms. The van der Waals surface area contributed by atoms with Gasteiger partial charge >= 0.3 is 0 Å². The number of rotatable bonds is 5. The van der Waals surface area contributed by atoms with Crippen LogP contribution >= 0.6 is 0 Å². The van der Waals surface area contributed by atoms with Crippen molar-refractivity contribution in [2.45, 2.75) is 17.9 Å². The number of primary sulfonamides is 1. The van der Waals surface area contributed by atoms with Gasteiger partial charge in [-0.15, -0.1) is 0 Å². The van der Waals surface area contributed by atoms with Crippen LogP contribution < -0.4 is 10.5 Å². The molecule has 0 fully saturated rings. The van der Waals surface area contributed by atoms with Crippen LogP contribution in [0.4, 0.5) is 5.69 Å². The third kappa shape index (κ3) is 3.96. The van der Waals surface area contributed by atoms with E-state index in [2.05, 4.69) is 15.3 Å². The molecule has 0 aliphatic carbocycles. The maximum Gasteiger partial charge on any atom is 0.238 e. The molecule has 2 aromatic carbocycles. The summed E-state index contributed by atoms with van der Waals surface area (Å²) >= 11 is 0. The Morgan fingerprint density at radius 1 is 0.967 bits per heavy atom. The van der Waals surface area contributed by atoms with E-state index < -0.39 is 16.1 Å². The Balaban J connectivity index is 1.80. The minimum atomic E-state index is -3.77. The van der Waals surface area contributed by atoms with E-state index in [0.29, 0.717) is 16.8 Å². The van der Waals surface area contributed by atoms with Crippen molar-refractivity contribution >= 4 is 26.6 Å². The number of nitrogens with zero attached hydrogens (tertiary/aromatic N) is 2. The second-order valence-corrected chi connectivity index (χ2v) is 8.52. The maximum atomic E-state index is 11.5. The lowest BCUT2D eigenvalue weighted by molar-refractivity contribution is 0.471. The average Bonchev–Trinajstić information content (AvgIpc) is 2.73. The van der Waals surface area contributed by atoms with E-state index >= 15 is 0 Å². The molecule has 0 saturated carbocycles. The minimum Gasteiger partial charge on any atom is -0.505 e. The normalized spacial score (nSPS) is 12.6. The van der Waals surface area contributed by atoms with Gasteiger partial charge in [0.1, 0.15) is 11.3 Å². The third-order valence-corrected chi connectivity index (χ3v) is 5.78. The van der Waals surface area contributed by atoms with E-state index in [4.69, 9.17) is 5.14 Å². The number of hydrogen-bond acceptors (Lipinski definition) is 6. The number of pyridine rings is 2. The van der Waals surface area contributed by atoms with Crippen molar-refractivity contribution in [1.29, 1.82) is 0 Å². The molecule has 2 heterocycles. The van der Waals surface area contributed by atoms with E-state index in [9.17, 15) is 13.5 Å². The molecule has 0 aliphatic heterocycles. The number of fused-ring (bicyclic) bond motifs is 1. The van der Waals surface area contributed by atoms with Crippen molar-refractivity contribution in [1.82, 2.24) is 9.97 Å². The largest absolute Gasteiger partial charge is 0.505 e. The van der Waals surface area contributed by atoms with Crippen LogP contribution in [0.15, 0.2) is 78.0 Å². The zero-order valence-corrected chi connectivity index (χ0v) is 17.0. The Morgan fingerprint density at radius 3 is 2.30 bits per heavy atom. The van der Waals surface area contributed by atoms with Gasteiger partial charge in [-0.05, 0) is 55.0 Å². The molecule has 4 aromatic rings. The fourth-order valence-corrected chi connectivity index (χ4v) is 3.84. The topological polar surface area (TPSA) is 118 Å². The van der Waals surface area contributed by atoms with E-state index in [1.807, 2.05) is 43.3 Å². The van der Waals surface area contributed by atoms with Crippen LogP contribution in [0.2, 0.25) is 0 Å². The summed E-state index contributed by atoms with van der Waals surface area (Å²) in [5.74, 6) is 0.0895. The van der Waals surface area contributed by atoms with Crippen LogP contribution in [0.5, 0.6) is 5.75 Å². The highest BCUT2D eigenvalue weighted by Gasteiger charge is 2.20. The second kappa shape index (κ2) is 7.74. The number of hydrogen-bond donors (Lipinski definition) is 3. The number of phenols is 1. The Hall–Kier alpha value is -3.49. The highest BCUT2D eigenvalue weighted by atomic mass is 32.2. The Labute approximate surface area is 174 Å². The number of phenolic OH excluding ortho intramolecular Hbond substituents is 1.